The average molecular weight is 341 g/mol. The van der Waals surface area contributed by atoms with Crippen LogP contribution >= 0.6 is 11.3 Å². The van der Waals surface area contributed by atoms with E-state index in [0.717, 1.165) is 20.9 Å². The molecule has 24 heavy (non-hydrogen) atoms. The van der Waals surface area contributed by atoms with Gasteiger partial charge >= 0.3 is 0 Å². The van der Waals surface area contributed by atoms with E-state index >= 15 is 0 Å². The van der Waals surface area contributed by atoms with Gasteiger partial charge < -0.3 is 14.2 Å². The molecule has 0 saturated carbocycles. The molecule has 4 rings (SSSR count). The Morgan fingerprint density at radius 2 is 2.12 bits per heavy atom. The van der Waals surface area contributed by atoms with Crippen LogP contribution < -0.4 is 19.6 Å². The summed E-state index contributed by atoms with van der Waals surface area (Å²) < 4.78 is 17.7. The van der Waals surface area contributed by atoms with Crippen LogP contribution in [0.4, 0.5) is 5.13 Å². The zero-order valence-corrected chi connectivity index (χ0v) is 13.8. The van der Waals surface area contributed by atoms with E-state index in [1.165, 1.54) is 0 Å². The van der Waals surface area contributed by atoms with E-state index in [1.54, 1.807) is 24.7 Å². The number of hydrazone groups is 1. The normalized spacial score (nSPS) is 13.4. The Hall–Kier alpha value is -2.80. The highest BCUT2D eigenvalue weighted by Crippen LogP contribution is 2.40. The van der Waals surface area contributed by atoms with Gasteiger partial charge in [0, 0.05) is 5.56 Å². The Labute approximate surface area is 142 Å². The molecule has 2 heterocycles. The lowest BCUT2D eigenvalue weighted by atomic mass is 10.2. The van der Waals surface area contributed by atoms with Gasteiger partial charge in [0.15, 0.2) is 11.5 Å². The molecule has 1 aromatic heterocycles. The van der Waals surface area contributed by atoms with Gasteiger partial charge in [0.25, 0.3) is 0 Å². The minimum Gasteiger partial charge on any atom is -0.493 e. The molecule has 1 aliphatic rings. The molecule has 0 amide bonds. The highest BCUT2D eigenvalue weighted by molar-refractivity contribution is 7.22. The molecule has 122 valence electrons. The number of anilines is 1. The van der Waals surface area contributed by atoms with Gasteiger partial charge in [-0.15, -0.1) is 0 Å². The number of ether oxygens (including phenoxy) is 3. The number of nitrogens with zero attached hydrogens (tertiary/aromatic N) is 2. The van der Waals surface area contributed by atoms with Crippen LogP contribution in [0.5, 0.6) is 17.2 Å². The molecule has 1 aliphatic heterocycles. The Balaban J connectivity index is 1.55. The first-order valence-electron chi connectivity index (χ1n) is 7.46. The fraction of sp³-hybridized carbons (Fsp3) is 0.176. The smallest absolute Gasteiger partial charge is 0.204 e. The van der Waals surface area contributed by atoms with E-state index in [2.05, 4.69) is 15.5 Å². The van der Waals surface area contributed by atoms with Crippen molar-refractivity contribution in [3.05, 3.63) is 42.0 Å². The van der Waals surface area contributed by atoms with Crippen molar-refractivity contribution in [2.75, 3.05) is 25.7 Å². The molecule has 0 unspecified atom stereocenters. The summed E-state index contributed by atoms with van der Waals surface area (Å²) in [4.78, 5) is 4.47. The summed E-state index contributed by atoms with van der Waals surface area (Å²) in [5.41, 5.74) is 4.78. The van der Waals surface area contributed by atoms with Gasteiger partial charge in [0.2, 0.25) is 10.9 Å². The first-order chi connectivity index (χ1) is 11.8. The quantitative estimate of drug-likeness (QED) is 0.581. The number of hydrogen-bond acceptors (Lipinski definition) is 7. The summed E-state index contributed by atoms with van der Waals surface area (Å²) in [7, 11) is 1.61. The van der Waals surface area contributed by atoms with Crippen LogP contribution in [0.25, 0.3) is 10.2 Å². The molecule has 0 fully saturated rings. The molecule has 0 radical (unpaired) electrons. The van der Waals surface area contributed by atoms with E-state index in [-0.39, 0.29) is 0 Å². The van der Waals surface area contributed by atoms with Gasteiger partial charge in [-0.05, 0) is 24.3 Å². The highest BCUT2D eigenvalue weighted by Gasteiger charge is 2.17. The number of nitrogens with one attached hydrogen (secondary N) is 1. The first-order valence-corrected chi connectivity index (χ1v) is 8.27. The summed E-state index contributed by atoms with van der Waals surface area (Å²) >= 11 is 1.56. The van der Waals surface area contributed by atoms with Gasteiger partial charge in [-0.3, -0.25) is 5.43 Å². The maximum absolute atomic E-state index is 5.61. The maximum atomic E-state index is 5.61. The second-order valence-corrected chi connectivity index (χ2v) is 6.13. The van der Waals surface area contributed by atoms with Crippen molar-refractivity contribution in [1.29, 1.82) is 0 Å². The van der Waals surface area contributed by atoms with Crippen molar-refractivity contribution in [2.45, 2.75) is 0 Å². The fourth-order valence-corrected chi connectivity index (χ4v) is 3.27. The molecule has 1 N–H and O–H groups in total. The van der Waals surface area contributed by atoms with Crippen LogP contribution in [-0.4, -0.2) is 31.5 Å². The molecule has 3 aromatic rings. The molecule has 0 aliphatic carbocycles. The number of rotatable bonds is 4. The van der Waals surface area contributed by atoms with Crippen molar-refractivity contribution in [3.8, 4) is 17.2 Å². The fourth-order valence-electron chi connectivity index (χ4n) is 2.45. The van der Waals surface area contributed by atoms with Gasteiger partial charge in [-0.1, -0.05) is 23.5 Å². The highest BCUT2D eigenvalue weighted by atomic mass is 32.1. The first kappa shape index (κ1) is 14.8. The van der Waals surface area contributed by atoms with Crippen LogP contribution in [0.2, 0.25) is 0 Å². The van der Waals surface area contributed by atoms with Crippen molar-refractivity contribution in [3.63, 3.8) is 0 Å². The number of methoxy groups -OCH3 is 1. The Morgan fingerprint density at radius 1 is 1.25 bits per heavy atom. The number of thiazole rings is 1. The third-order valence-corrected chi connectivity index (χ3v) is 4.46. The molecule has 0 bridgehead atoms. The SMILES string of the molecule is COc1cc(/C=N\Nc2nc3ccccc3s2)cc2c1OCCO2. The zero-order valence-electron chi connectivity index (χ0n) is 13.0. The summed E-state index contributed by atoms with van der Waals surface area (Å²) in [5, 5.41) is 5.00. The lowest BCUT2D eigenvalue weighted by molar-refractivity contribution is 0.165. The van der Waals surface area contributed by atoms with Gasteiger partial charge in [-0.25, -0.2) is 4.98 Å². The van der Waals surface area contributed by atoms with Crippen molar-refractivity contribution in [1.82, 2.24) is 4.98 Å². The standard InChI is InChI=1S/C17H15N3O3S/c1-21-13-8-11(9-14-16(13)23-7-6-22-14)10-18-20-17-19-12-4-2-3-5-15(12)24-17/h2-5,8-10H,6-7H2,1H3,(H,19,20)/b18-10-. The predicted octanol–water partition coefficient (Wildman–Crippen LogP) is 3.52. The van der Waals surface area contributed by atoms with Crippen LogP contribution in [0, 0.1) is 0 Å². The number of para-hydroxylation sites is 1. The van der Waals surface area contributed by atoms with Crippen LogP contribution in [0.15, 0.2) is 41.5 Å². The van der Waals surface area contributed by atoms with Crippen molar-refractivity contribution >= 4 is 32.9 Å². The van der Waals surface area contributed by atoms with Crippen molar-refractivity contribution < 1.29 is 14.2 Å². The molecule has 0 saturated heterocycles. The van der Waals surface area contributed by atoms with E-state index in [4.69, 9.17) is 14.2 Å². The number of fused-ring (bicyclic) bond motifs is 2. The third-order valence-electron chi connectivity index (χ3n) is 3.52. The largest absolute Gasteiger partial charge is 0.493 e. The third kappa shape index (κ3) is 2.85. The minimum atomic E-state index is 0.524. The molecule has 0 atom stereocenters. The van der Waals surface area contributed by atoms with Crippen molar-refractivity contribution in [2.24, 2.45) is 5.10 Å². The summed E-state index contributed by atoms with van der Waals surface area (Å²) in [6, 6.07) is 11.7. The Bertz CT molecular complexity index is 857. The zero-order chi connectivity index (χ0) is 16.4. The molecular formula is C17H15N3O3S. The monoisotopic (exact) mass is 341 g/mol. The second kappa shape index (κ2) is 6.37. The lowest BCUT2D eigenvalue weighted by Gasteiger charge is -2.20. The Morgan fingerprint density at radius 3 is 3.00 bits per heavy atom. The molecule has 7 heteroatoms. The lowest BCUT2D eigenvalue weighted by Crippen LogP contribution is -2.16. The van der Waals surface area contributed by atoms with E-state index in [0.29, 0.717) is 30.5 Å². The summed E-state index contributed by atoms with van der Waals surface area (Å²) in [6.07, 6.45) is 1.70. The predicted molar refractivity (Wildman–Crippen MR) is 94.8 cm³/mol. The summed E-state index contributed by atoms with van der Waals surface area (Å²) in [6.45, 7) is 1.05. The molecule has 0 spiro atoms. The average Bonchev–Trinajstić information content (AvgIpc) is 3.03. The van der Waals surface area contributed by atoms with Crippen LogP contribution in [0.1, 0.15) is 5.56 Å². The van der Waals surface area contributed by atoms with E-state index < -0.39 is 0 Å². The van der Waals surface area contributed by atoms with Gasteiger partial charge in [-0.2, -0.15) is 5.10 Å². The maximum Gasteiger partial charge on any atom is 0.204 e. The molecule has 2 aromatic carbocycles. The number of hydrogen-bond donors (Lipinski definition) is 1. The molecule has 6 nitrogen and oxygen atoms in total. The molecular weight excluding hydrogens is 326 g/mol. The van der Waals surface area contributed by atoms with Crippen LogP contribution in [0.3, 0.4) is 0 Å². The van der Waals surface area contributed by atoms with Crippen LogP contribution in [-0.2, 0) is 0 Å². The summed E-state index contributed by atoms with van der Waals surface area (Å²) in [5.74, 6) is 1.94. The number of benzene rings is 2. The van der Waals surface area contributed by atoms with E-state index in [9.17, 15) is 0 Å². The topological polar surface area (TPSA) is 65.0 Å². The van der Waals surface area contributed by atoms with Gasteiger partial charge in [0.1, 0.15) is 13.2 Å². The second-order valence-electron chi connectivity index (χ2n) is 5.10. The number of aromatic nitrogens is 1. The Kier molecular flexibility index (Phi) is 3.92. The van der Waals surface area contributed by atoms with Gasteiger partial charge in [0.05, 0.1) is 23.5 Å². The van der Waals surface area contributed by atoms with E-state index in [1.807, 2.05) is 36.4 Å². The minimum absolute atomic E-state index is 0.524.